The van der Waals surface area contributed by atoms with Crippen LogP contribution in [0.1, 0.15) is 36.6 Å². The molecule has 0 bridgehead atoms. The molecule has 0 saturated carbocycles. The lowest BCUT2D eigenvalue weighted by molar-refractivity contribution is 0.451. The molecule has 0 amide bonds. The molecular formula is C9H14N2O. The summed E-state index contributed by atoms with van der Waals surface area (Å²) in [4.78, 5) is 4.34. The van der Waals surface area contributed by atoms with Crippen molar-refractivity contribution in [2.45, 2.75) is 38.6 Å². The first-order chi connectivity index (χ1) is 5.90. The highest BCUT2D eigenvalue weighted by Gasteiger charge is 2.14. The summed E-state index contributed by atoms with van der Waals surface area (Å²) in [5.74, 6) is 1.77. The van der Waals surface area contributed by atoms with Gasteiger partial charge in [-0.2, -0.15) is 0 Å². The first-order valence-electron chi connectivity index (χ1n) is 4.57. The fourth-order valence-electron chi connectivity index (χ4n) is 1.67. The standard InChI is InChI=1S/C9H14N2O/c10-6-9-11-7-4-2-1-3-5-8(7)12-9/h1-6,10H2. The smallest absolute Gasteiger partial charge is 0.208 e. The van der Waals surface area contributed by atoms with Gasteiger partial charge in [0.25, 0.3) is 0 Å². The first kappa shape index (κ1) is 7.80. The van der Waals surface area contributed by atoms with Gasteiger partial charge in [0.15, 0.2) is 0 Å². The van der Waals surface area contributed by atoms with Crippen LogP contribution in [-0.4, -0.2) is 4.98 Å². The summed E-state index contributed by atoms with van der Waals surface area (Å²) in [6, 6.07) is 0. The van der Waals surface area contributed by atoms with E-state index in [9.17, 15) is 0 Å². The van der Waals surface area contributed by atoms with Crippen molar-refractivity contribution in [2.24, 2.45) is 5.73 Å². The molecular weight excluding hydrogens is 152 g/mol. The van der Waals surface area contributed by atoms with Crippen LogP contribution < -0.4 is 5.73 Å². The molecule has 3 nitrogen and oxygen atoms in total. The average Bonchev–Trinajstić information content (AvgIpc) is 2.37. The molecule has 0 spiro atoms. The third kappa shape index (κ3) is 1.37. The molecule has 0 radical (unpaired) electrons. The average molecular weight is 166 g/mol. The van der Waals surface area contributed by atoms with E-state index in [0.717, 1.165) is 24.3 Å². The third-order valence-electron chi connectivity index (χ3n) is 2.31. The molecule has 1 aromatic rings. The number of aryl methyl sites for hydroxylation is 2. The Bertz CT molecular complexity index is 244. The van der Waals surface area contributed by atoms with Gasteiger partial charge in [-0.1, -0.05) is 6.42 Å². The number of rotatable bonds is 1. The summed E-state index contributed by atoms with van der Waals surface area (Å²) >= 11 is 0. The quantitative estimate of drug-likeness (QED) is 0.641. The van der Waals surface area contributed by atoms with Crippen LogP contribution in [0.4, 0.5) is 0 Å². The van der Waals surface area contributed by atoms with E-state index in [4.69, 9.17) is 10.2 Å². The molecule has 12 heavy (non-hydrogen) atoms. The number of hydrogen-bond donors (Lipinski definition) is 1. The van der Waals surface area contributed by atoms with Crippen molar-refractivity contribution >= 4 is 0 Å². The summed E-state index contributed by atoms with van der Waals surface area (Å²) in [7, 11) is 0. The Kier molecular flexibility index (Phi) is 2.13. The van der Waals surface area contributed by atoms with E-state index in [2.05, 4.69) is 4.98 Å². The minimum absolute atomic E-state index is 0.424. The van der Waals surface area contributed by atoms with Gasteiger partial charge in [0, 0.05) is 6.42 Å². The van der Waals surface area contributed by atoms with Crippen LogP contribution in [0.25, 0.3) is 0 Å². The van der Waals surface area contributed by atoms with Gasteiger partial charge in [0.1, 0.15) is 5.76 Å². The lowest BCUT2D eigenvalue weighted by Crippen LogP contribution is -1.96. The Morgan fingerprint density at radius 1 is 1.25 bits per heavy atom. The highest BCUT2D eigenvalue weighted by Crippen LogP contribution is 2.20. The number of fused-ring (bicyclic) bond motifs is 1. The van der Waals surface area contributed by atoms with E-state index >= 15 is 0 Å². The predicted octanol–water partition coefficient (Wildman–Crippen LogP) is 1.40. The van der Waals surface area contributed by atoms with Crippen LogP contribution in [0, 0.1) is 0 Å². The van der Waals surface area contributed by atoms with Crippen LogP contribution in [0.2, 0.25) is 0 Å². The Morgan fingerprint density at radius 3 is 2.92 bits per heavy atom. The molecule has 0 aliphatic heterocycles. The van der Waals surface area contributed by atoms with Crippen molar-refractivity contribution in [3.05, 3.63) is 17.3 Å². The van der Waals surface area contributed by atoms with Crippen molar-refractivity contribution in [3.8, 4) is 0 Å². The maximum atomic E-state index is 5.50. The summed E-state index contributed by atoms with van der Waals surface area (Å²) in [5.41, 5.74) is 6.59. The normalized spacial score (nSPS) is 17.1. The molecule has 3 heteroatoms. The Labute approximate surface area is 72.0 Å². The largest absolute Gasteiger partial charge is 0.444 e. The Hall–Kier alpha value is -0.830. The molecule has 1 aliphatic rings. The van der Waals surface area contributed by atoms with Crippen LogP contribution in [-0.2, 0) is 19.4 Å². The molecule has 1 heterocycles. The SMILES string of the molecule is NCc1nc2c(o1)CCCCC2. The monoisotopic (exact) mass is 166 g/mol. The third-order valence-corrected chi connectivity index (χ3v) is 2.31. The van der Waals surface area contributed by atoms with Crippen molar-refractivity contribution < 1.29 is 4.42 Å². The molecule has 0 saturated heterocycles. The van der Waals surface area contributed by atoms with Gasteiger partial charge in [0.05, 0.1) is 12.2 Å². The van der Waals surface area contributed by atoms with E-state index in [0.29, 0.717) is 12.4 Å². The summed E-state index contributed by atoms with van der Waals surface area (Å²) < 4.78 is 5.50. The Balaban J connectivity index is 2.26. The highest BCUT2D eigenvalue weighted by molar-refractivity contribution is 5.11. The molecule has 66 valence electrons. The zero-order valence-electron chi connectivity index (χ0n) is 7.18. The van der Waals surface area contributed by atoms with Crippen LogP contribution in [0.15, 0.2) is 4.42 Å². The van der Waals surface area contributed by atoms with Crippen LogP contribution in [0.5, 0.6) is 0 Å². The van der Waals surface area contributed by atoms with Crippen molar-refractivity contribution in [1.82, 2.24) is 4.98 Å². The topological polar surface area (TPSA) is 52.0 Å². The highest BCUT2D eigenvalue weighted by atomic mass is 16.4. The second-order valence-corrected chi connectivity index (χ2v) is 3.24. The number of oxazole rings is 1. The van der Waals surface area contributed by atoms with E-state index in [-0.39, 0.29) is 0 Å². The molecule has 0 aromatic carbocycles. The van der Waals surface area contributed by atoms with Gasteiger partial charge in [-0.05, 0) is 19.3 Å². The molecule has 0 unspecified atom stereocenters. The van der Waals surface area contributed by atoms with Gasteiger partial charge in [0.2, 0.25) is 5.89 Å². The van der Waals surface area contributed by atoms with Gasteiger partial charge in [-0.15, -0.1) is 0 Å². The van der Waals surface area contributed by atoms with Gasteiger partial charge in [-0.3, -0.25) is 0 Å². The van der Waals surface area contributed by atoms with Gasteiger partial charge < -0.3 is 10.2 Å². The molecule has 1 aromatic heterocycles. The summed E-state index contributed by atoms with van der Waals surface area (Å²) in [6.07, 6.45) is 5.88. The van der Waals surface area contributed by atoms with Crippen LogP contribution in [0.3, 0.4) is 0 Å². The van der Waals surface area contributed by atoms with Crippen molar-refractivity contribution in [2.75, 3.05) is 0 Å². The molecule has 2 N–H and O–H groups in total. The number of nitrogens with zero attached hydrogens (tertiary/aromatic N) is 1. The second-order valence-electron chi connectivity index (χ2n) is 3.24. The maximum absolute atomic E-state index is 5.50. The number of aromatic nitrogens is 1. The number of hydrogen-bond acceptors (Lipinski definition) is 3. The van der Waals surface area contributed by atoms with E-state index in [1.807, 2.05) is 0 Å². The molecule has 2 rings (SSSR count). The lowest BCUT2D eigenvalue weighted by Gasteiger charge is -1.90. The lowest BCUT2D eigenvalue weighted by atomic mass is 10.2. The van der Waals surface area contributed by atoms with Crippen molar-refractivity contribution in [3.63, 3.8) is 0 Å². The predicted molar refractivity (Wildman–Crippen MR) is 45.7 cm³/mol. The first-order valence-corrected chi connectivity index (χ1v) is 4.57. The zero-order valence-corrected chi connectivity index (χ0v) is 7.18. The summed E-state index contributed by atoms with van der Waals surface area (Å²) in [5, 5.41) is 0. The fourth-order valence-corrected chi connectivity index (χ4v) is 1.67. The van der Waals surface area contributed by atoms with Crippen molar-refractivity contribution in [1.29, 1.82) is 0 Å². The maximum Gasteiger partial charge on any atom is 0.208 e. The van der Waals surface area contributed by atoms with E-state index < -0.39 is 0 Å². The summed E-state index contributed by atoms with van der Waals surface area (Å²) in [6.45, 7) is 0.424. The van der Waals surface area contributed by atoms with Crippen LogP contribution >= 0.6 is 0 Å². The van der Waals surface area contributed by atoms with Gasteiger partial charge >= 0.3 is 0 Å². The zero-order chi connectivity index (χ0) is 8.39. The fraction of sp³-hybridized carbons (Fsp3) is 0.667. The van der Waals surface area contributed by atoms with E-state index in [1.165, 1.54) is 19.3 Å². The molecule has 0 fully saturated rings. The van der Waals surface area contributed by atoms with Gasteiger partial charge in [-0.25, -0.2) is 4.98 Å². The minimum Gasteiger partial charge on any atom is -0.444 e. The molecule has 1 aliphatic carbocycles. The number of nitrogens with two attached hydrogens (primary N) is 1. The Morgan fingerprint density at radius 2 is 2.08 bits per heavy atom. The molecule has 0 atom stereocenters. The minimum atomic E-state index is 0.424. The second kappa shape index (κ2) is 3.27. The van der Waals surface area contributed by atoms with E-state index in [1.54, 1.807) is 0 Å².